The summed E-state index contributed by atoms with van der Waals surface area (Å²) in [5.41, 5.74) is 6.59. The molecule has 1 heterocycles. The van der Waals surface area contributed by atoms with Crippen molar-refractivity contribution in [2.75, 3.05) is 6.26 Å². The van der Waals surface area contributed by atoms with Crippen LogP contribution in [0.1, 0.15) is 24.9 Å². The van der Waals surface area contributed by atoms with Gasteiger partial charge in [0.25, 0.3) is 0 Å². The molecule has 0 bridgehead atoms. The van der Waals surface area contributed by atoms with Gasteiger partial charge in [-0.3, -0.25) is 0 Å². The molecule has 0 aromatic carbocycles. The van der Waals surface area contributed by atoms with Crippen molar-refractivity contribution in [1.29, 1.82) is 0 Å². The molecule has 14 heavy (non-hydrogen) atoms. The van der Waals surface area contributed by atoms with Crippen LogP contribution in [0.5, 0.6) is 0 Å². The first-order chi connectivity index (χ1) is 6.45. The Morgan fingerprint density at radius 1 is 1.57 bits per heavy atom. The highest BCUT2D eigenvalue weighted by Gasteiger charge is 2.11. The number of hydrogen-bond acceptors (Lipinski definition) is 4. The van der Waals surface area contributed by atoms with Gasteiger partial charge in [-0.05, 0) is 24.1 Å². The van der Waals surface area contributed by atoms with E-state index in [1.54, 1.807) is 6.07 Å². The average Bonchev–Trinajstić information content (AvgIpc) is 2.15. The van der Waals surface area contributed by atoms with Crippen LogP contribution in [0.25, 0.3) is 0 Å². The van der Waals surface area contributed by atoms with Gasteiger partial charge in [0, 0.05) is 18.5 Å². The lowest BCUT2D eigenvalue weighted by molar-refractivity contribution is 0.597. The van der Waals surface area contributed by atoms with Crippen LogP contribution in [-0.2, 0) is 9.84 Å². The van der Waals surface area contributed by atoms with Gasteiger partial charge in [-0.1, -0.05) is 6.92 Å². The van der Waals surface area contributed by atoms with Gasteiger partial charge in [-0.25, -0.2) is 13.4 Å². The van der Waals surface area contributed by atoms with Crippen LogP contribution in [0.15, 0.2) is 23.4 Å². The van der Waals surface area contributed by atoms with Gasteiger partial charge in [0.15, 0.2) is 14.9 Å². The van der Waals surface area contributed by atoms with E-state index >= 15 is 0 Å². The van der Waals surface area contributed by atoms with Crippen LogP contribution in [0.4, 0.5) is 0 Å². The Labute approximate surface area is 84.1 Å². The molecular formula is C9H14N2O2S. The van der Waals surface area contributed by atoms with Crippen molar-refractivity contribution in [3.8, 4) is 0 Å². The summed E-state index contributed by atoms with van der Waals surface area (Å²) in [6.45, 7) is 1.95. The zero-order valence-electron chi connectivity index (χ0n) is 8.27. The van der Waals surface area contributed by atoms with Crippen LogP contribution < -0.4 is 5.73 Å². The highest BCUT2D eigenvalue weighted by molar-refractivity contribution is 7.90. The summed E-state index contributed by atoms with van der Waals surface area (Å²) in [5.74, 6) is 0. The molecule has 0 saturated carbocycles. The van der Waals surface area contributed by atoms with E-state index < -0.39 is 9.84 Å². The fraction of sp³-hybridized carbons (Fsp3) is 0.444. The third-order valence-corrected chi connectivity index (χ3v) is 2.99. The summed E-state index contributed by atoms with van der Waals surface area (Å²) in [6.07, 6.45) is 3.38. The van der Waals surface area contributed by atoms with Crippen molar-refractivity contribution in [3.05, 3.63) is 23.9 Å². The van der Waals surface area contributed by atoms with E-state index in [0.29, 0.717) is 0 Å². The topological polar surface area (TPSA) is 73.0 Å². The van der Waals surface area contributed by atoms with E-state index in [-0.39, 0.29) is 11.1 Å². The second-order valence-corrected chi connectivity index (χ2v) is 5.18. The molecule has 0 amide bonds. The van der Waals surface area contributed by atoms with Gasteiger partial charge in [0.2, 0.25) is 0 Å². The van der Waals surface area contributed by atoms with Gasteiger partial charge in [0.1, 0.15) is 0 Å². The number of rotatable bonds is 3. The summed E-state index contributed by atoms with van der Waals surface area (Å²) in [4.78, 5) is 3.78. The summed E-state index contributed by atoms with van der Waals surface area (Å²) in [6, 6.07) is 3.14. The molecule has 0 fully saturated rings. The summed E-state index contributed by atoms with van der Waals surface area (Å²) < 4.78 is 22.4. The molecule has 1 aromatic heterocycles. The molecule has 78 valence electrons. The first-order valence-corrected chi connectivity index (χ1v) is 6.26. The quantitative estimate of drug-likeness (QED) is 0.811. The fourth-order valence-electron chi connectivity index (χ4n) is 1.09. The second-order valence-electron chi connectivity index (χ2n) is 3.21. The maximum atomic E-state index is 11.2. The molecule has 4 nitrogen and oxygen atoms in total. The SMILES string of the molecule is CCC(N)c1ccnc(S(C)(=O)=O)c1. The minimum absolute atomic E-state index is 0.0823. The Bertz CT molecular complexity index is 415. The van der Waals surface area contributed by atoms with Gasteiger partial charge >= 0.3 is 0 Å². The van der Waals surface area contributed by atoms with Crippen molar-refractivity contribution in [1.82, 2.24) is 4.98 Å². The van der Waals surface area contributed by atoms with Gasteiger partial charge in [-0.2, -0.15) is 0 Å². The molecule has 0 aliphatic carbocycles. The van der Waals surface area contributed by atoms with Crippen molar-refractivity contribution in [2.24, 2.45) is 5.73 Å². The van der Waals surface area contributed by atoms with Crippen LogP contribution in [-0.4, -0.2) is 19.7 Å². The van der Waals surface area contributed by atoms with Gasteiger partial charge < -0.3 is 5.73 Å². The Kier molecular flexibility index (Phi) is 3.23. The smallest absolute Gasteiger partial charge is 0.192 e. The number of nitrogens with two attached hydrogens (primary N) is 1. The van der Waals surface area contributed by atoms with Gasteiger partial charge in [-0.15, -0.1) is 0 Å². The lowest BCUT2D eigenvalue weighted by atomic mass is 10.1. The summed E-state index contributed by atoms with van der Waals surface area (Å²) >= 11 is 0. The normalized spacial score (nSPS) is 13.9. The first-order valence-electron chi connectivity index (χ1n) is 4.36. The zero-order chi connectivity index (χ0) is 10.8. The minimum atomic E-state index is -3.23. The molecular weight excluding hydrogens is 200 g/mol. The largest absolute Gasteiger partial charge is 0.324 e. The number of nitrogens with zero attached hydrogens (tertiary/aromatic N) is 1. The van der Waals surface area contributed by atoms with E-state index in [1.165, 1.54) is 12.3 Å². The lowest BCUT2D eigenvalue weighted by Crippen LogP contribution is -2.10. The highest BCUT2D eigenvalue weighted by Crippen LogP contribution is 2.15. The van der Waals surface area contributed by atoms with E-state index in [2.05, 4.69) is 4.98 Å². The summed E-state index contributed by atoms with van der Waals surface area (Å²) in [5, 5.41) is 0.0823. The minimum Gasteiger partial charge on any atom is -0.324 e. The Morgan fingerprint density at radius 2 is 2.21 bits per heavy atom. The molecule has 1 aromatic rings. The molecule has 0 aliphatic rings. The van der Waals surface area contributed by atoms with Crippen LogP contribution >= 0.6 is 0 Å². The molecule has 2 N–H and O–H groups in total. The number of pyridine rings is 1. The summed E-state index contributed by atoms with van der Waals surface area (Å²) in [7, 11) is -3.23. The molecule has 1 atom stereocenters. The maximum absolute atomic E-state index is 11.2. The van der Waals surface area contributed by atoms with Gasteiger partial charge in [0.05, 0.1) is 0 Å². The Hall–Kier alpha value is -0.940. The van der Waals surface area contributed by atoms with Crippen LogP contribution in [0.3, 0.4) is 0 Å². The third-order valence-electron chi connectivity index (χ3n) is 2.01. The molecule has 0 aliphatic heterocycles. The predicted molar refractivity (Wildman–Crippen MR) is 54.6 cm³/mol. The van der Waals surface area contributed by atoms with Crippen molar-refractivity contribution in [2.45, 2.75) is 24.4 Å². The Morgan fingerprint density at radius 3 is 2.71 bits per heavy atom. The maximum Gasteiger partial charge on any atom is 0.192 e. The van der Waals surface area contributed by atoms with Crippen LogP contribution in [0, 0.1) is 0 Å². The molecule has 1 unspecified atom stereocenters. The molecule has 0 spiro atoms. The number of aromatic nitrogens is 1. The standard InChI is InChI=1S/C9H14N2O2S/c1-3-8(10)7-4-5-11-9(6-7)14(2,12)13/h4-6,8H,3,10H2,1-2H3. The molecule has 0 radical (unpaired) electrons. The van der Waals surface area contributed by atoms with Crippen LogP contribution in [0.2, 0.25) is 0 Å². The van der Waals surface area contributed by atoms with E-state index in [0.717, 1.165) is 18.2 Å². The molecule has 0 saturated heterocycles. The lowest BCUT2D eigenvalue weighted by Gasteiger charge is -2.09. The van der Waals surface area contributed by atoms with E-state index in [4.69, 9.17) is 5.73 Å². The number of hydrogen-bond donors (Lipinski definition) is 1. The Balaban J connectivity index is 3.14. The fourth-order valence-corrected chi connectivity index (χ4v) is 1.70. The van der Waals surface area contributed by atoms with Crippen molar-refractivity contribution < 1.29 is 8.42 Å². The number of sulfone groups is 1. The zero-order valence-corrected chi connectivity index (χ0v) is 9.08. The average molecular weight is 214 g/mol. The van der Waals surface area contributed by atoms with Crippen molar-refractivity contribution in [3.63, 3.8) is 0 Å². The van der Waals surface area contributed by atoms with Crippen molar-refractivity contribution >= 4 is 9.84 Å². The van der Waals surface area contributed by atoms with E-state index in [9.17, 15) is 8.42 Å². The molecule has 5 heteroatoms. The first kappa shape index (κ1) is 11.1. The van der Waals surface area contributed by atoms with E-state index in [1.807, 2.05) is 6.92 Å². The second kappa shape index (κ2) is 4.06. The third kappa shape index (κ3) is 2.52. The molecule has 1 rings (SSSR count). The predicted octanol–water partition coefficient (Wildman–Crippen LogP) is 0.895. The monoisotopic (exact) mass is 214 g/mol. The highest BCUT2D eigenvalue weighted by atomic mass is 32.2.